The summed E-state index contributed by atoms with van der Waals surface area (Å²) in [4.78, 5) is 38.1. The Labute approximate surface area is 414 Å². The minimum Gasteiger partial charge on any atom is -0.462 e. The van der Waals surface area contributed by atoms with Crippen LogP contribution in [0, 0.1) is 0 Å². The van der Waals surface area contributed by atoms with Crippen molar-refractivity contribution < 1.29 is 28.6 Å². The van der Waals surface area contributed by atoms with E-state index in [1.807, 2.05) is 0 Å². The summed E-state index contributed by atoms with van der Waals surface area (Å²) in [5, 5.41) is 0. The monoisotopic (exact) mass is 933 g/mol. The topological polar surface area (TPSA) is 78.9 Å². The Morgan fingerprint density at radius 2 is 0.597 bits per heavy atom. The van der Waals surface area contributed by atoms with E-state index in [1.165, 1.54) is 128 Å². The fourth-order valence-electron chi connectivity index (χ4n) is 7.64. The zero-order chi connectivity index (χ0) is 48.6. The first kappa shape index (κ1) is 63.6. The smallest absolute Gasteiger partial charge is 0.306 e. The van der Waals surface area contributed by atoms with Crippen LogP contribution in [0.2, 0.25) is 0 Å². The predicted octanol–water partition coefficient (Wildman–Crippen LogP) is 18.8. The molecule has 384 valence electrons. The molecule has 0 aliphatic carbocycles. The lowest BCUT2D eigenvalue weighted by molar-refractivity contribution is -0.167. The van der Waals surface area contributed by atoms with Crippen molar-refractivity contribution in [2.45, 2.75) is 271 Å². The van der Waals surface area contributed by atoms with Crippen molar-refractivity contribution in [3.8, 4) is 0 Å². The quantitative estimate of drug-likeness (QED) is 0.0262. The van der Waals surface area contributed by atoms with Gasteiger partial charge < -0.3 is 14.2 Å². The van der Waals surface area contributed by atoms with Gasteiger partial charge >= 0.3 is 17.9 Å². The van der Waals surface area contributed by atoms with Crippen LogP contribution in [0.1, 0.15) is 265 Å². The maximum Gasteiger partial charge on any atom is 0.306 e. The Kier molecular flexibility index (Phi) is 52.4. The summed E-state index contributed by atoms with van der Waals surface area (Å²) in [7, 11) is 0. The summed E-state index contributed by atoms with van der Waals surface area (Å²) >= 11 is 0. The van der Waals surface area contributed by atoms with E-state index in [2.05, 4.69) is 106 Å². The molecule has 0 bridgehead atoms. The van der Waals surface area contributed by atoms with Gasteiger partial charge in [-0.15, -0.1) is 0 Å². The molecular formula is C61H104O6. The van der Waals surface area contributed by atoms with Gasteiger partial charge in [-0.1, -0.05) is 221 Å². The molecule has 0 aromatic heterocycles. The third-order valence-electron chi connectivity index (χ3n) is 11.9. The standard InChI is InChI=1S/C61H104O6/c1-4-7-10-13-16-19-22-25-27-29-30-32-33-36-39-42-45-48-51-54-60(63)66-57-58(56-65-59(62)53-50-47-44-41-38-35-24-21-18-15-12-9-6-3)67-61(64)55-52-49-46-43-40-37-34-31-28-26-23-20-17-14-11-8-5-2/h8,11,17,20-21,24-28,34,37,43,46,58H,4-7,9-10,12-16,18-19,22-23,29-33,35-36,38-42,44-45,47-57H2,1-3H3/b11-8-,20-17-,24-21-,27-25-,28-26-,37-34-,46-43-. The van der Waals surface area contributed by atoms with Gasteiger partial charge in [0.05, 0.1) is 0 Å². The number of esters is 3. The van der Waals surface area contributed by atoms with E-state index in [1.54, 1.807) is 0 Å². The average molecular weight is 933 g/mol. The molecule has 0 saturated heterocycles. The van der Waals surface area contributed by atoms with E-state index in [9.17, 15) is 14.4 Å². The van der Waals surface area contributed by atoms with E-state index in [-0.39, 0.29) is 37.5 Å². The molecule has 0 radical (unpaired) electrons. The molecule has 0 rings (SSSR count). The van der Waals surface area contributed by atoms with Gasteiger partial charge in [-0.2, -0.15) is 0 Å². The number of allylic oxidation sites excluding steroid dienone is 14. The number of rotatable bonds is 50. The number of unbranched alkanes of at least 4 members (excludes halogenated alkanes) is 25. The van der Waals surface area contributed by atoms with Gasteiger partial charge in [-0.25, -0.2) is 0 Å². The van der Waals surface area contributed by atoms with Crippen molar-refractivity contribution in [3.63, 3.8) is 0 Å². The van der Waals surface area contributed by atoms with Gasteiger partial charge in [0.1, 0.15) is 13.2 Å². The van der Waals surface area contributed by atoms with Crippen LogP contribution in [0.25, 0.3) is 0 Å². The number of hydrogen-bond donors (Lipinski definition) is 0. The normalized spacial score (nSPS) is 12.7. The zero-order valence-electron chi connectivity index (χ0n) is 43.9. The maximum absolute atomic E-state index is 12.8. The second-order valence-corrected chi connectivity index (χ2v) is 18.5. The third kappa shape index (κ3) is 53.4. The van der Waals surface area contributed by atoms with Crippen LogP contribution in [0.3, 0.4) is 0 Å². The van der Waals surface area contributed by atoms with Gasteiger partial charge in [0.15, 0.2) is 6.10 Å². The van der Waals surface area contributed by atoms with Crippen LogP contribution in [-0.2, 0) is 28.6 Å². The molecule has 0 N–H and O–H groups in total. The van der Waals surface area contributed by atoms with Crippen LogP contribution >= 0.6 is 0 Å². The van der Waals surface area contributed by atoms with Crippen LogP contribution in [0.15, 0.2) is 85.1 Å². The van der Waals surface area contributed by atoms with E-state index < -0.39 is 6.10 Å². The third-order valence-corrected chi connectivity index (χ3v) is 11.9. The highest BCUT2D eigenvalue weighted by Gasteiger charge is 2.19. The first-order valence-electron chi connectivity index (χ1n) is 28.1. The molecule has 6 nitrogen and oxygen atoms in total. The van der Waals surface area contributed by atoms with Crippen molar-refractivity contribution in [2.24, 2.45) is 0 Å². The molecule has 0 aromatic rings. The largest absolute Gasteiger partial charge is 0.462 e. The molecule has 0 amide bonds. The molecule has 0 spiro atoms. The minimum absolute atomic E-state index is 0.102. The van der Waals surface area contributed by atoms with Crippen molar-refractivity contribution >= 4 is 17.9 Å². The summed E-state index contributed by atoms with van der Waals surface area (Å²) in [5.74, 6) is -0.969. The van der Waals surface area contributed by atoms with E-state index >= 15 is 0 Å². The van der Waals surface area contributed by atoms with Gasteiger partial charge in [0.25, 0.3) is 0 Å². The van der Waals surface area contributed by atoms with Crippen molar-refractivity contribution in [1.29, 1.82) is 0 Å². The van der Waals surface area contributed by atoms with E-state index in [0.29, 0.717) is 19.3 Å². The number of hydrogen-bond acceptors (Lipinski definition) is 6. The lowest BCUT2D eigenvalue weighted by Gasteiger charge is -2.18. The molecule has 6 heteroatoms. The Hall–Kier alpha value is -3.41. The highest BCUT2D eigenvalue weighted by atomic mass is 16.6. The molecule has 0 fully saturated rings. The fraction of sp³-hybridized carbons (Fsp3) is 0.721. The number of carbonyl (C=O) groups excluding carboxylic acids is 3. The first-order chi connectivity index (χ1) is 33.0. The van der Waals surface area contributed by atoms with Crippen LogP contribution in [0.4, 0.5) is 0 Å². The Morgan fingerprint density at radius 3 is 0.985 bits per heavy atom. The molecule has 0 saturated carbocycles. The minimum atomic E-state index is -0.810. The summed E-state index contributed by atoms with van der Waals surface area (Å²) in [6.07, 6.45) is 71.5. The van der Waals surface area contributed by atoms with Crippen molar-refractivity contribution in [2.75, 3.05) is 13.2 Å². The summed E-state index contributed by atoms with van der Waals surface area (Å²) in [6.45, 7) is 6.46. The second kappa shape index (κ2) is 55.2. The molecule has 1 unspecified atom stereocenters. The SMILES string of the molecule is CC/C=C\C/C=C\C/C=C\C/C=C\C/C=C\CCCC(=O)OC(COC(=O)CCCCCCC/C=C\CCCCCC)COC(=O)CCCCCCCCCCC/C=C\CCCCCCCC. The molecule has 0 aliphatic heterocycles. The van der Waals surface area contributed by atoms with Crippen LogP contribution in [0.5, 0.6) is 0 Å². The first-order valence-corrected chi connectivity index (χ1v) is 28.1. The zero-order valence-corrected chi connectivity index (χ0v) is 43.9. The van der Waals surface area contributed by atoms with Gasteiger partial charge in [0, 0.05) is 19.3 Å². The number of ether oxygens (including phenoxy) is 3. The molecule has 0 aliphatic rings. The maximum atomic E-state index is 12.8. The van der Waals surface area contributed by atoms with Crippen LogP contribution < -0.4 is 0 Å². The van der Waals surface area contributed by atoms with Gasteiger partial charge in [-0.3, -0.25) is 14.4 Å². The number of carbonyl (C=O) groups is 3. The molecule has 0 aromatic carbocycles. The van der Waals surface area contributed by atoms with Gasteiger partial charge in [0.2, 0.25) is 0 Å². The highest BCUT2D eigenvalue weighted by Crippen LogP contribution is 2.14. The molecule has 1 atom stereocenters. The lowest BCUT2D eigenvalue weighted by Crippen LogP contribution is -2.30. The lowest BCUT2D eigenvalue weighted by atomic mass is 10.1. The Bertz CT molecular complexity index is 1300. The summed E-state index contributed by atoms with van der Waals surface area (Å²) in [6, 6.07) is 0. The van der Waals surface area contributed by atoms with Crippen molar-refractivity contribution in [3.05, 3.63) is 85.1 Å². The molecular weight excluding hydrogens is 829 g/mol. The Morgan fingerprint density at radius 1 is 0.313 bits per heavy atom. The summed E-state index contributed by atoms with van der Waals surface area (Å²) < 4.78 is 16.8. The second-order valence-electron chi connectivity index (χ2n) is 18.5. The van der Waals surface area contributed by atoms with E-state index in [0.717, 1.165) is 89.9 Å². The van der Waals surface area contributed by atoms with Crippen molar-refractivity contribution in [1.82, 2.24) is 0 Å². The highest BCUT2D eigenvalue weighted by molar-refractivity contribution is 5.71. The average Bonchev–Trinajstić information content (AvgIpc) is 3.33. The van der Waals surface area contributed by atoms with Crippen LogP contribution in [-0.4, -0.2) is 37.2 Å². The molecule has 0 heterocycles. The summed E-state index contributed by atoms with van der Waals surface area (Å²) in [5.41, 5.74) is 0. The van der Waals surface area contributed by atoms with Gasteiger partial charge in [-0.05, 0) is 109 Å². The van der Waals surface area contributed by atoms with E-state index in [4.69, 9.17) is 14.2 Å². The Balaban J connectivity index is 4.45. The fourth-order valence-corrected chi connectivity index (χ4v) is 7.64. The predicted molar refractivity (Wildman–Crippen MR) is 288 cm³/mol. The molecule has 67 heavy (non-hydrogen) atoms.